The molecule has 1 atom stereocenters. The number of amides is 2. The van der Waals surface area contributed by atoms with E-state index in [2.05, 4.69) is 51.4 Å². The molecule has 2 aromatic rings. The van der Waals surface area contributed by atoms with E-state index in [0.29, 0.717) is 12.3 Å². The maximum absolute atomic E-state index is 13.2. The fraction of sp³-hybridized carbons (Fsp3) is 0.536. The average Bonchev–Trinajstić information content (AvgIpc) is 3.49. The molecule has 1 aromatic carbocycles. The number of aromatic nitrogens is 1. The molecule has 7 heteroatoms. The molecule has 2 saturated heterocycles. The average molecular weight is 477 g/mol. The van der Waals surface area contributed by atoms with Crippen LogP contribution in [0.2, 0.25) is 0 Å². The van der Waals surface area contributed by atoms with E-state index < -0.39 is 0 Å². The lowest BCUT2D eigenvalue weighted by molar-refractivity contribution is -0.135. The minimum Gasteiger partial charge on any atom is -0.361 e. The van der Waals surface area contributed by atoms with Crippen LogP contribution in [0.4, 0.5) is 0 Å². The highest BCUT2D eigenvalue weighted by Crippen LogP contribution is 2.60. The van der Waals surface area contributed by atoms with Gasteiger partial charge in [-0.05, 0) is 44.1 Å². The maximum atomic E-state index is 13.2. The van der Waals surface area contributed by atoms with Crippen LogP contribution in [0.15, 0.2) is 40.9 Å². The number of carbonyl (C=O) groups is 2. The number of carbonyl (C=O) groups excluding carboxylic acids is 2. The van der Waals surface area contributed by atoms with Crippen LogP contribution in [0.1, 0.15) is 41.8 Å². The summed E-state index contributed by atoms with van der Waals surface area (Å²) in [6, 6.07) is 10.4. The molecule has 3 aliphatic rings. The third kappa shape index (κ3) is 5.20. The molecule has 2 amide bonds. The van der Waals surface area contributed by atoms with E-state index in [4.69, 9.17) is 4.52 Å². The third-order valence-corrected chi connectivity index (χ3v) is 8.27. The standard InChI is InChI=1S/C28H36N4O3/c1-21-24(22(2)35-29-21)19-26(33)31-13-10-28(11-14-31)20-25(28)27(34)32-17-15-30(16-18-32)12-6-9-23-7-4-3-5-8-23/h3-9,25H,10-20H2,1-2H3/b9-6+/t25-/m1/s1. The van der Waals surface area contributed by atoms with E-state index >= 15 is 0 Å². The Bertz CT molecular complexity index is 1060. The number of piperazine rings is 1. The summed E-state index contributed by atoms with van der Waals surface area (Å²) < 4.78 is 5.20. The van der Waals surface area contributed by atoms with Gasteiger partial charge in [0.25, 0.3) is 0 Å². The molecule has 3 fully saturated rings. The summed E-state index contributed by atoms with van der Waals surface area (Å²) in [7, 11) is 0. The van der Waals surface area contributed by atoms with E-state index in [1.165, 1.54) is 5.56 Å². The first-order valence-corrected chi connectivity index (χ1v) is 12.9. The van der Waals surface area contributed by atoms with Crippen LogP contribution in [0.3, 0.4) is 0 Å². The highest BCUT2D eigenvalue weighted by Gasteiger charge is 2.59. The molecule has 0 bridgehead atoms. The van der Waals surface area contributed by atoms with Crippen LogP contribution in [0.5, 0.6) is 0 Å². The number of benzene rings is 1. The zero-order valence-electron chi connectivity index (χ0n) is 20.9. The Morgan fingerprint density at radius 1 is 1.03 bits per heavy atom. The second kappa shape index (κ2) is 9.97. The van der Waals surface area contributed by atoms with Gasteiger partial charge in [-0.2, -0.15) is 0 Å². The minimum atomic E-state index is 0.118. The number of piperidine rings is 1. The zero-order chi connectivity index (χ0) is 24.4. The van der Waals surface area contributed by atoms with Crippen LogP contribution in [0, 0.1) is 25.2 Å². The van der Waals surface area contributed by atoms with Crippen LogP contribution < -0.4 is 0 Å². The van der Waals surface area contributed by atoms with Crippen molar-refractivity contribution in [2.75, 3.05) is 45.8 Å². The quantitative estimate of drug-likeness (QED) is 0.640. The van der Waals surface area contributed by atoms with Crippen LogP contribution in [-0.2, 0) is 16.0 Å². The first-order valence-electron chi connectivity index (χ1n) is 12.9. The van der Waals surface area contributed by atoms with Gasteiger partial charge in [-0.3, -0.25) is 14.5 Å². The monoisotopic (exact) mass is 476 g/mol. The molecule has 1 spiro atoms. The molecule has 2 aliphatic heterocycles. The largest absolute Gasteiger partial charge is 0.361 e. The molecular weight excluding hydrogens is 440 g/mol. The summed E-state index contributed by atoms with van der Waals surface area (Å²) in [5.74, 6) is 1.34. The highest BCUT2D eigenvalue weighted by atomic mass is 16.5. The predicted molar refractivity (Wildman–Crippen MR) is 135 cm³/mol. The fourth-order valence-electron chi connectivity index (χ4n) is 5.74. The number of likely N-dealkylation sites (tertiary alicyclic amines) is 1. The Balaban J connectivity index is 1.05. The van der Waals surface area contributed by atoms with Gasteiger partial charge in [0.2, 0.25) is 11.8 Å². The van der Waals surface area contributed by atoms with E-state index in [0.717, 1.165) is 82.1 Å². The van der Waals surface area contributed by atoms with E-state index in [1.54, 1.807) is 0 Å². The van der Waals surface area contributed by atoms with Crippen molar-refractivity contribution in [3.8, 4) is 0 Å². The Hall–Kier alpha value is -2.93. The molecule has 1 saturated carbocycles. The first kappa shape index (κ1) is 23.8. The SMILES string of the molecule is Cc1noc(C)c1CC(=O)N1CCC2(CC1)C[C@@H]2C(=O)N1CCN(C/C=C/c2ccccc2)CC1. The molecule has 0 unspecified atom stereocenters. The molecule has 35 heavy (non-hydrogen) atoms. The smallest absolute Gasteiger partial charge is 0.227 e. The van der Waals surface area contributed by atoms with Crippen molar-refractivity contribution in [1.29, 1.82) is 0 Å². The van der Waals surface area contributed by atoms with Gasteiger partial charge in [-0.25, -0.2) is 0 Å². The molecule has 0 N–H and O–H groups in total. The van der Waals surface area contributed by atoms with Crippen molar-refractivity contribution in [2.45, 2.75) is 39.5 Å². The lowest BCUT2D eigenvalue weighted by Crippen LogP contribution is -2.49. The summed E-state index contributed by atoms with van der Waals surface area (Å²) in [5.41, 5.74) is 3.04. The van der Waals surface area contributed by atoms with Crippen LogP contribution >= 0.6 is 0 Å². The van der Waals surface area contributed by atoms with Gasteiger partial charge in [0, 0.05) is 57.3 Å². The molecule has 0 radical (unpaired) electrons. The normalized spacial score (nSPS) is 22.2. The molecule has 3 heterocycles. The van der Waals surface area contributed by atoms with Crippen molar-refractivity contribution < 1.29 is 14.1 Å². The highest BCUT2D eigenvalue weighted by molar-refractivity contribution is 5.83. The number of nitrogens with zero attached hydrogens (tertiary/aromatic N) is 4. The van der Waals surface area contributed by atoms with E-state index in [1.807, 2.05) is 24.8 Å². The summed E-state index contributed by atoms with van der Waals surface area (Å²) in [5, 5.41) is 3.96. The molecular formula is C28H36N4O3. The number of hydrogen-bond acceptors (Lipinski definition) is 5. The van der Waals surface area contributed by atoms with Gasteiger partial charge in [-0.1, -0.05) is 47.6 Å². The van der Waals surface area contributed by atoms with Gasteiger partial charge in [-0.15, -0.1) is 0 Å². The first-order chi connectivity index (χ1) is 16.9. The summed E-state index contributed by atoms with van der Waals surface area (Å²) in [6.07, 6.45) is 7.57. The second-order valence-corrected chi connectivity index (χ2v) is 10.4. The minimum absolute atomic E-state index is 0.118. The lowest BCUT2D eigenvalue weighted by Gasteiger charge is -2.36. The van der Waals surface area contributed by atoms with Gasteiger partial charge in [0.1, 0.15) is 5.76 Å². The number of rotatable bonds is 6. The van der Waals surface area contributed by atoms with Crippen molar-refractivity contribution in [3.63, 3.8) is 0 Å². The Kier molecular flexibility index (Phi) is 6.78. The number of aryl methyl sites for hydroxylation is 2. The molecule has 5 rings (SSSR count). The van der Waals surface area contributed by atoms with Crippen molar-refractivity contribution in [1.82, 2.24) is 19.9 Å². The molecule has 186 valence electrons. The van der Waals surface area contributed by atoms with E-state index in [-0.39, 0.29) is 17.2 Å². The van der Waals surface area contributed by atoms with Crippen molar-refractivity contribution in [3.05, 3.63) is 59.0 Å². The lowest BCUT2D eigenvalue weighted by atomic mass is 9.90. The Labute approximate surface area is 207 Å². The molecule has 1 aromatic heterocycles. The molecule has 1 aliphatic carbocycles. The van der Waals surface area contributed by atoms with Crippen LogP contribution in [-0.4, -0.2) is 77.5 Å². The van der Waals surface area contributed by atoms with Crippen LogP contribution in [0.25, 0.3) is 6.08 Å². The fourth-order valence-corrected chi connectivity index (χ4v) is 5.74. The van der Waals surface area contributed by atoms with Gasteiger partial charge in [0.05, 0.1) is 12.1 Å². The third-order valence-electron chi connectivity index (χ3n) is 8.27. The van der Waals surface area contributed by atoms with Crippen molar-refractivity contribution >= 4 is 17.9 Å². The number of hydrogen-bond donors (Lipinski definition) is 0. The molecule has 7 nitrogen and oxygen atoms in total. The second-order valence-electron chi connectivity index (χ2n) is 10.4. The Morgan fingerprint density at radius 3 is 2.40 bits per heavy atom. The topological polar surface area (TPSA) is 69.9 Å². The summed E-state index contributed by atoms with van der Waals surface area (Å²) in [4.78, 5) is 32.5. The summed E-state index contributed by atoms with van der Waals surface area (Å²) >= 11 is 0. The predicted octanol–water partition coefficient (Wildman–Crippen LogP) is 3.32. The summed E-state index contributed by atoms with van der Waals surface area (Å²) in [6.45, 7) is 9.62. The van der Waals surface area contributed by atoms with E-state index in [9.17, 15) is 9.59 Å². The van der Waals surface area contributed by atoms with Crippen molar-refractivity contribution in [2.24, 2.45) is 11.3 Å². The Morgan fingerprint density at radius 2 is 1.74 bits per heavy atom. The van der Waals surface area contributed by atoms with Gasteiger partial charge < -0.3 is 14.3 Å². The zero-order valence-corrected chi connectivity index (χ0v) is 20.9. The van der Waals surface area contributed by atoms with Gasteiger partial charge in [0.15, 0.2) is 0 Å². The van der Waals surface area contributed by atoms with Gasteiger partial charge >= 0.3 is 0 Å². The maximum Gasteiger partial charge on any atom is 0.227 e.